The van der Waals surface area contributed by atoms with E-state index in [2.05, 4.69) is 46.2 Å². The summed E-state index contributed by atoms with van der Waals surface area (Å²) >= 11 is 1.31. The molecule has 1 amide bonds. The highest BCUT2D eigenvalue weighted by Crippen LogP contribution is 2.23. The first-order valence-electron chi connectivity index (χ1n) is 10.8. The van der Waals surface area contributed by atoms with E-state index in [1.165, 1.54) is 17.3 Å². The predicted octanol–water partition coefficient (Wildman–Crippen LogP) is 3.24. The van der Waals surface area contributed by atoms with Crippen LogP contribution in [0.5, 0.6) is 0 Å². The SMILES string of the molecule is CC(C)c1ccc(-n2cnnc2SCC(=O)NCc2ccc(S(=O)(=O)NC3CC3)cc2)cc1. The Morgan fingerprint density at radius 3 is 2.45 bits per heavy atom. The molecule has 10 heteroatoms. The molecule has 1 heterocycles. The molecule has 0 atom stereocenters. The summed E-state index contributed by atoms with van der Waals surface area (Å²) in [5.74, 6) is 0.509. The lowest BCUT2D eigenvalue weighted by Crippen LogP contribution is -2.26. The Labute approximate surface area is 198 Å². The molecule has 3 aromatic rings. The predicted molar refractivity (Wildman–Crippen MR) is 128 cm³/mol. The number of benzene rings is 2. The first-order chi connectivity index (χ1) is 15.8. The van der Waals surface area contributed by atoms with Gasteiger partial charge in [0.15, 0.2) is 5.16 Å². The summed E-state index contributed by atoms with van der Waals surface area (Å²) in [5, 5.41) is 11.6. The van der Waals surface area contributed by atoms with E-state index >= 15 is 0 Å². The van der Waals surface area contributed by atoms with E-state index in [0.29, 0.717) is 17.6 Å². The number of sulfonamides is 1. The van der Waals surface area contributed by atoms with Crippen molar-refractivity contribution >= 4 is 27.7 Å². The van der Waals surface area contributed by atoms with Crippen LogP contribution >= 0.6 is 11.8 Å². The van der Waals surface area contributed by atoms with Gasteiger partial charge < -0.3 is 5.32 Å². The number of aromatic nitrogens is 3. The van der Waals surface area contributed by atoms with Crippen LogP contribution < -0.4 is 10.0 Å². The molecule has 0 unspecified atom stereocenters. The molecule has 0 spiro atoms. The van der Waals surface area contributed by atoms with Crippen molar-refractivity contribution in [2.75, 3.05) is 5.75 Å². The Morgan fingerprint density at radius 1 is 1.12 bits per heavy atom. The van der Waals surface area contributed by atoms with Crippen LogP contribution in [0.3, 0.4) is 0 Å². The summed E-state index contributed by atoms with van der Waals surface area (Å²) in [6.45, 7) is 4.62. The van der Waals surface area contributed by atoms with Gasteiger partial charge in [0.05, 0.1) is 10.6 Å². The van der Waals surface area contributed by atoms with Crippen molar-refractivity contribution < 1.29 is 13.2 Å². The Hall–Kier alpha value is -2.69. The van der Waals surface area contributed by atoms with Gasteiger partial charge in [-0.3, -0.25) is 9.36 Å². The first-order valence-corrected chi connectivity index (χ1v) is 13.3. The Bertz CT molecular complexity index is 1200. The molecule has 0 aliphatic heterocycles. The Morgan fingerprint density at radius 2 is 1.82 bits per heavy atom. The first kappa shape index (κ1) is 23.5. The van der Waals surface area contributed by atoms with E-state index in [4.69, 9.17) is 0 Å². The standard InChI is InChI=1S/C23H27N5O3S2/c1-16(2)18-5-9-20(10-6-18)28-15-25-26-23(28)32-14-22(29)24-13-17-3-11-21(12-4-17)33(30,31)27-19-7-8-19/h3-6,9-12,15-16,19,27H,7-8,13-14H2,1-2H3,(H,24,29). The number of nitrogens with one attached hydrogen (secondary N) is 2. The van der Waals surface area contributed by atoms with Crippen molar-refractivity contribution in [3.63, 3.8) is 0 Å². The van der Waals surface area contributed by atoms with Crippen molar-refractivity contribution in [3.05, 3.63) is 66.0 Å². The van der Waals surface area contributed by atoms with Crippen LogP contribution in [0, 0.1) is 0 Å². The maximum absolute atomic E-state index is 12.3. The van der Waals surface area contributed by atoms with E-state index in [1.807, 2.05) is 16.7 Å². The maximum Gasteiger partial charge on any atom is 0.240 e. The molecule has 0 radical (unpaired) electrons. The van der Waals surface area contributed by atoms with Crippen molar-refractivity contribution in [1.29, 1.82) is 0 Å². The third-order valence-electron chi connectivity index (χ3n) is 5.31. The number of thioether (sulfide) groups is 1. The van der Waals surface area contributed by atoms with Gasteiger partial charge >= 0.3 is 0 Å². The van der Waals surface area contributed by atoms with Gasteiger partial charge in [0.25, 0.3) is 0 Å². The minimum absolute atomic E-state index is 0.0664. The van der Waals surface area contributed by atoms with Crippen LogP contribution in [-0.2, 0) is 21.4 Å². The summed E-state index contributed by atoms with van der Waals surface area (Å²) in [6, 6.07) is 14.8. The monoisotopic (exact) mass is 485 g/mol. The third-order valence-corrected chi connectivity index (χ3v) is 7.79. The lowest BCUT2D eigenvalue weighted by molar-refractivity contribution is -0.118. The van der Waals surface area contributed by atoms with E-state index < -0.39 is 10.0 Å². The largest absolute Gasteiger partial charge is 0.351 e. The second-order valence-corrected chi connectivity index (χ2v) is 11.0. The summed E-state index contributed by atoms with van der Waals surface area (Å²) in [5.41, 5.74) is 3.02. The number of rotatable bonds is 10. The fraction of sp³-hybridized carbons (Fsp3) is 0.348. The molecule has 0 bridgehead atoms. The van der Waals surface area contributed by atoms with Crippen molar-refractivity contribution in [2.45, 2.75) is 55.2 Å². The van der Waals surface area contributed by atoms with Crippen LogP contribution in [-0.4, -0.2) is 40.9 Å². The van der Waals surface area contributed by atoms with Crippen LogP contribution in [0.15, 0.2) is 64.9 Å². The van der Waals surface area contributed by atoms with E-state index in [1.54, 1.807) is 30.6 Å². The number of amides is 1. The van der Waals surface area contributed by atoms with Gasteiger partial charge in [-0.25, -0.2) is 13.1 Å². The number of carbonyl (C=O) groups excluding carboxylic acids is 1. The molecule has 33 heavy (non-hydrogen) atoms. The molecule has 2 aromatic carbocycles. The molecule has 1 aliphatic rings. The van der Waals surface area contributed by atoms with Crippen LogP contribution in [0.1, 0.15) is 43.7 Å². The zero-order valence-electron chi connectivity index (χ0n) is 18.6. The number of hydrogen-bond donors (Lipinski definition) is 2. The molecular weight excluding hydrogens is 458 g/mol. The minimum atomic E-state index is -3.47. The smallest absolute Gasteiger partial charge is 0.240 e. The second-order valence-electron chi connectivity index (χ2n) is 8.33. The highest BCUT2D eigenvalue weighted by Gasteiger charge is 2.27. The molecule has 1 fully saturated rings. The average molecular weight is 486 g/mol. The molecule has 174 valence electrons. The second kappa shape index (κ2) is 10.1. The summed E-state index contributed by atoms with van der Waals surface area (Å²) < 4.78 is 29.0. The zero-order chi connectivity index (χ0) is 23.4. The molecule has 2 N–H and O–H groups in total. The lowest BCUT2D eigenvalue weighted by atomic mass is 10.0. The van der Waals surface area contributed by atoms with Gasteiger partial charge in [-0.05, 0) is 54.2 Å². The Kier molecular flexibility index (Phi) is 7.16. The number of hydrogen-bond acceptors (Lipinski definition) is 6. The van der Waals surface area contributed by atoms with Crippen molar-refractivity contribution in [1.82, 2.24) is 24.8 Å². The highest BCUT2D eigenvalue weighted by atomic mass is 32.2. The van der Waals surface area contributed by atoms with Gasteiger partial charge in [-0.2, -0.15) is 0 Å². The zero-order valence-corrected chi connectivity index (χ0v) is 20.2. The fourth-order valence-corrected chi connectivity index (χ4v) is 5.24. The van der Waals surface area contributed by atoms with Gasteiger partial charge in [-0.15, -0.1) is 10.2 Å². The van der Waals surface area contributed by atoms with Gasteiger partial charge in [0.1, 0.15) is 6.33 Å². The molecule has 4 rings (SSSR count). The van der Waals surface area contributed by atoms with Crippen LogP contribution in [0.25, 0.3) is 5.69 Å². The molecular formula is C23H27N5O3S2. The average Bonchev–Trinajstić information content (AvgIpc) is 3.48. The van der Waals surface area contributed by atoms with E-state index in [-0.39, 0.29) is 22.6 Å². The topological polar surface area (TPSA) is 106 Å². The Balaban J connectivity index is 1.28. The quantitative estimate of drug-likeness (QED) is 0.427. The van der Waals surface area contributed by atoms with Crippen molar-refractivity contribution in [2.24, 2.45) is 0 Å². The molecule has 1 aliphatic carbocycles. The molecule has 1 aromatic heterocycles. The summed E-state index contributed by atoms with van der Waals surface area (Å²) in [4.78, 5) is 12.6. The lowest BCUT2D eigenvalue weighted by Gasteiger charge is -2.10. The fourth-order valence-electron chi connectivity index (χ4n) is 3.18. The van der Waals surface area contributed by atoms with Gasteiger partial charge in [-0.1, -0.05) is 49.9 Å². The van der Waals surface area contributed by atoms with Crippen LogP contribution in [0.4, 0.5) is 0 Å². The highest BCUT2D eigenvalue weighted by molar-refractivity contribution is 7.99. The van der Waals surface area contributed by atoms with Crippen molar-refractivity contribution in [3.8, 4) is 5.69 Å². The molecule has 1 saturated carbocycles. The van der Waals surface area contributed by atoms with Gasteiger partial charge in [0.2, 0.25) is 15.9 Å². The summed E-state index contributed by atoms with van der Waals surface area (Å²) in [7, 11) is -3.47. The molecule has 8 nitrogen and oxygen atoms in total. The molecule has 0 saturated heterocycles. The number of carbonyl (C=O) groups is 1. The van der Waals surface area contributed by atoms with Crippen LogP contribution in [0.2, 0.25) is 0 Å². The van der Waals surface area contributed by atoms with E-state index in [0.717, 1.165) is 24.1 Å². The minimum Gasteiger partial charge on any atom is -0.351 e. The number of nitrogens with zero attached hydrogens (tertiary/aromatic N) is 3. The normalized spacial score (nSPS) is 13.9. The van der Waals surface area contributed by atoms with E-state index in [9.17, 15) is 13.2 Å². The van der Waals surface area contributed by atoms with Gasteiger partial charge in [0, 0.05) is 18.3 Å². The maximum atomic E-state index is 12.3. The summed E-state index contributed by atoms with van der Waals surface area (Å²) in [6.07, 6.45) is 3.42. The third kappa shape index (κ3) is 6.21.